The van der Waals surface area contributed by atoms with Gasteiger partial charge >= 0.3 is 5.97 Å². The molecule has 0 saturated heterocycles. The summed E-state index contributed by atoms with van der Waals surface area (Å²) in [6.07, 6.45) is 1.99. The van der Waals surface area contributed by atoms with Gasteiger partial charge in [-0.05, 0) is 30.9 Å². The van der Waals surface area contributed by atoms with Crippen LogP contribution in [0.3, 0.4) is 0 Å². The van der Waals surface area contributed by atoms with Crippen molar-refractivity contribution in [1.82, 2.24) is 0 Å². The Kier molecular flexibility index (Phi) is 2.66. The van der Waals surface area contributed by atoms with E-state index in [0.29, 0.717) is 12.8 Å². The fourth-order valence-electron chi connectivity index (χ4n) is 2.12. The Balaban J connectivity index is 2.26. The second kappa shape index (κ2) is 3.85. The zero-order valence-electron chi connectivity index (χ0n) is 8.67. The molecule has 1 aromatic rings. The molecule has 0 heterocycles. The summed E-state index contributed by atoms with van der Waals surface area (Å²) in [6, 6.07) is 3.89. The minimum atomic E-state index is -0.921. The number of hydrogen-bond acceptors (Lipinski definition) is 1. The van der Waals surface area contributed by atoms with Gasteiger partial charge in [0.2, 0.25) is 0 Å². The van der Waals surface area contributed by atoms with E-state index in [0.717, 1.165) is 12.5 Å². The quantitative estimate of drug-likeness (QED) is 0.860. The highest BCUT2D eigenvalue weighted by molar-refractivity contribution is 5.76. The monoisotopic (exact) mass is 226 g/mol. The van der Waals surface area contributed by atoms with Crippen LogP contribution in [0, 0.1) is 17.0 Å². The first kappa shape index (κ1) is 11.0. The summed E-state index contributed by atoms with van der Waals surface area (Å²) in [5, 5.41) is 9.09. The number of halogens is 2. The summed E-state index contributed by atoms with van der Waals surface area (Å²) >= 11 is 0. The summed E-state index contributed by atoms with van der Waals surface area (Å²) in [5.74, 6) is -2.75. The van der Waals surface area contributed by atoms with Gasteiger partial charge in [-0.1, -0.05) is 18.6 Å². The third-order valence-electron chi connectivity index (χ3n) is 3.32. The van der Waals surface area contributed by atoms with E-state index in [1.165, 1.54) is 12.1 Å². The predicted octanol–water partition coefficient (Wildman–Crippen LogP) is 2.76. The van der Waals surface area contributed by atoms with E-state index in [2.05, 4.69) is 0 Å². The van der Waals surface area contributed by atoms with Crippen molar-refractivity contribution in [3.8, 4) is 0 Å². The van der Waals surface area contributed by atoms with Crippen LogP contribution in [0.1, 0.15) is 24.8 Å². The lowest BCUT2D eigenvalue weighted by atomic mass is 9.65. The highest BCUT2D eigenvalue weighted by atomic mass is 19.2. The summed E-state index contributed by atoms with van der Waals surface area (Å²) < 4.78 is 26.3. The van der Waals surface area contributed by atoms with Gasteiger partial charge < -0.3 is 5.11 Å². The van der Waals surface area contributed by atoms with Crippen molar-refractivity contribution < 1.29 is 18.7 Å². The first-order chi connectivity index (χ1) is 7.55. The first-order valence-electron chi connectivity index (χ1n) is 5.21. The summed E-state index contributed by atoms with van der Waals surface area (Å²) in [6.45, 7) is 0. The van der Waals surface area contributed by atoms with E-state index >= 15 is 0 Å². The van der Waals surface area contributed by atoms with E-state index < -0.39 is 23.0 Å². The van der Waals surface area contributed by atoms with Crippen LogP contribution >= 0.6 is 0 Å². The molecule has 1 fully saturated rings. The van der Waals surface area contributed by atoms with Crippen LogP contribution in [0.5, 0.6) is 0 Å². The zero-order chi connectivity index (χ0) is 11.8. The van der Waals surface area contributed by atoms with Gasteiger partial charge in [-0.25, -0.2) is 8.78 Å². The highest BCUT2D eigenvalue weighted by Gasteiger charge is 2.44. The lowest BCUT2D eigenvalue weighted by molar-refractivity contribution is -0.154. The van der Waals surface area contributed by atoms with Crippen molar-refractivity contribution in [2.24, 2.45) is 5.41 Å². The predicted molar refractivity (Wildman–Crippen MR) is 54.0 cm³/mol. The van der Waals surface area contributed by atoms with E-state index in [-0.39, 0.29) is 12.0 Å². The van der Waals surface area contributed by atoms with Crippen LogP contribution in [0.25, 0.3) is 0 Å². The fraction of sp³-hybridized carbons (Fsp3) is 0.417. The summed E-state index contributed by atoms with van der Waals surface area (Å²) in [5.41, 5.74) is -0.726. The van der Waals surface area contributed by atoms with Crippen molar-refractivity contribution in [3.63, 3.8) is 0 Å². The van der Waals surface area contributed by atoms with Crippen LogP contribution < -0.4 is 0 Å². The second-order valence-electron chi connectivity index (χ2n) is 4.33. The number of aliphatic carboxylic acids is 1. The van der Waals surface area contributed by atoms with E-state index in [4.69, 9.17) is 5.11 Å². The zero-order valence-corrected chi connectivity index (χ0v) is 8.67. The number of rotatable bonds is 3. The molecule has 0 atom stereocenters. The summed E-state index contributed by atoms with van der Waals surface area (Å²) in [4.78, 5) is 11.1. The molecule has 1 aromatic carbocycles. The van der Waals surface area contributed by atoms with Crippen molar-refractivity contribution >= 4 is 5.97 Å². The molecule has 4 heteroatoms. The van der Waals surface area contributed by atoms with Crippen LogP contribution in [0.2, 0.25) is 0 Å². The molecule has 86 valence electrons. The fourth-order valence-corrected chi connectivity index (χ4v) is 2.12. The largest absolute Gasteiger partial charge is 0.481 e. The van der Waals surface area contributed by atoms with Gasteiger partial charge in [-0.15, -0.1) is 0 Å². The topological polar surface area (TPSA) is 37.3 Å². The van der Waals surface area contributed by atoms with Gasteiger partial charge in [-0.2, -0.15) is 0 Å². The molecular formula is C12H12F2O2. The molecule has 1 N–H and O–H groups in total. The SMILES string of the molecule is O=C(O)C1(Cc2cccc(F)c2F)CCC1. The van der Waals surface area contributed by atoms with Crippen LogP contribution in [-0.2, 0) is 11.2 Å². The van der Waals surface area contributed by atoms with Crippen molar-refractivity contribution in [2.45, 2.75) is 25.7 Å². The van der Waals surface area contributed by atoms with E-state index in [9.17, 15) is 13.6 Å². The molecule has 1 aliphatic rings. The van der Waals surface area contributed by atoms with Gasteiger partial charge in [0.05, 0.1) is 5.41 Å². The first-order valence-corrected chi connectivity index (χ1v) is 5.21. The molecule has 0 radical (unpaired) electrons. The number of hydrogen-bond donors (Lipinski definition) is 1. The van der Waals surface area contributed by atoms with Gasteiger partial charge in [-0.3, -0.25) is 4.79 Å². The molecule has 1 saturated carbocycles. The Morgan fingerprint density at radius 3 is 2.56 bits per heavy atom. The van der Waals surface area contributed by atoms with E-state index in [1.807, 2.05) is 0 Å². The standard InChI is InChI=1S/C12H12F2O2/c13-9-4-1-3-8(10(9)14)7-12(11(15)16)5-2-6-12/h1,3-4H,2,5-7H2,(H,15,16). The number of carboxylic acids is 1. The molecule has 2 nitrogen and oxygen atoms in total. The average Bonchev–Trinajstić information content (AvgIpc) is 2.17. The van der Waals surface area contributed by atoms with Crippen molar-refractivity contribution in [1.29, 1.82) is 0 Å². The Bertz CT molecular complexity index is 425. The number of benzene rings is 1. The molecule has 0 amide bonds. The molecule has 0 unspecified atom stereocenters. The minimum Gasteiger partial charge on any atom is -0.481 e. The van der Waals surface area contributed by atoms with Gasteiger partial charge in [0.1, 0.15) is 0 Å². The van der Waals surface area contributed by atoms with Crippen LogP contribution in [0.4, 0.5) is 8.78 Å². The average molecular weight is 226 g/mol. The molecule has 0 aromatic heterocycles. The van der Waals surface area contributed by atoms with Crippen molar-refractivity contribution in [2.75, 3.05) is 0 Å². The lowest BCUT2D eigenvalue weighted by Crippen LogP contribution is -2.40. The molecular weight excluding hydrogens is 214 g/mol. The number of carboxylic acid groups (broad SMARTS) is 1. The normalized spacial score (nSPS) is 17.9. The third kappa shape index (κ3) is 1.68. The van der Waals surface area contributed by atoms with Gasteiger partial charge in [0.15, 0.2) is 11.6 Å². The Hall–Kier alpha value is -1.45. The molecule has 2 rings (SSSR count). The number of carbonyl (C=O) groups is 1. The maximum Gasteiger partial charge on any atom is 0.309 e. The van der Waals surface area contributed by atoms with Crippen LogP contribution in [-0.4, -0.2) is 11.1 Å². The van der Waals surface area contributed by atoms with Gasteiger partial charge in [0, 0.05) is 0 Å². The molecule has 0 bridgehead atoms. The summed E-state index contributed by atoms with van der Waals surface area (Å²) in [7, 11) is 0. The third-order valence-corrected chi connectivity index (χ3v) is 3.32. The minimum absolute atomic E-state index is 0.0753. The molecule has 0 aliphatic heterocycles. The van der Waals surface area contributed by atoms with Crippen LogP contribution in [0.15, 0.2) is 18.2 Å². The molecule has 1 aliphatic carbocycles. The van der Waals surface area contributed by atoms with E-state index in [1.54, 1.807) is 0 Å². The van der Waals surface area contributed by atoms with Crippen molar-refractivity contribution in [3.05, 3.63) is 35.4 Å². The molecule has 0 spiro atoms. The van der Waals surface area contributed by atoms with Gasteiger partial charge in [0.25, 0.3) is 0 Å². The highest BCUT2D eigenvalue weighted by Crippen LogP contribution is 2.44. The lowest BCUT2D eigenvalue weighted by Gasteiger charge is -2.37. The Labute approximate surface area is 91.9 Å². The Morgan fingerprint density at radius 1 is 1.38 bits per heavy atom. The Morgan fingerprint density at radius 2 is 2.06 bits per heavy atom. The second-order valence-corrected chi connectivity index (χ2v) is 4.33. The maximum absolute atomic E-state index is 13.4. The maximum atomic E-state index is 13.4. The smallest absolute Gasteiger partial charge is 0.309 e. The molecule has 16 heavy (non-hydrogen) atoms.